The highest BCUT2D eigenvalue weighted by Gasteiger charge is 2.25. The first-order valence-corrected chi connectivity index (χ1v) is 23.3. The van der Waals surface area contributed by atoms with E-state index in [0.29, 0.717) is 17.5 Å². The van der Waals surface area contributed by atoms with Crippen molar-refractivity contribution in [3.05, 3.63) is 224 Å². The lowest BCUT2D eigenvalue weighted by atomic mass is 10.0. The predicted octanol–water partition coefficient (Wildman–Crippen LogP) is 16.4. The van der Waals surface area contributed by atoms with E-state index in [9.17, 15) is 0 Å². The first-order chi connectivity index (χ1) is 34.2. The molecule has 0 spiro atoms. The maximum absolute atomic E-state index is 7.07. The van der Waals surface area contributed by atoms with E-state index in [1.54, 1.807) is 0 Å². The Labute approximate surface area is 394 Å². The molecule has 0 bridgehead atoms. The molecule has 6 heteroatoms. The van der Waals surface area contributed by atoms with Crippen molar-refractivity contribution in [3.63, 3.8) is 0 Å². The third-order valence-corrected chi connectivity index (χ3v) is 14.1. The molecule has 320 valence electrons. The summed E-state index contributed by atoms with van der Waals surface area (Å²) in [6.45, 7) is 0. The standard InChI is InChI=1S/C63H37N5O/c1-2-20-43(21-3-1)67-52-27-12-10-24-46(52)47-31-29-42(37-55(47)67)61-64-62(48-26-14-19-38-15-6-8-22-44(38)48)66-63(65-61)50-32-34-54(60-59(50)49-25-11-13-28-57(49)69-60)68-53-33-30-39-16-7-9-23-45(39)58(53)51-35-40-17-4-5-18-41(40)36-56(51)68/h1-37H. The summed E-state index contributed by atoms with van der Waals surface area (Å²) >= 11 is 0. The molecular weight excluding hydrogens is 843 g/mol. The number of rotatable bonds is 5. The second kappa shape index (κ2) is 14.6. The van der Waals surface area contributed by atoms with Crippen LogP contribution in [0.5, 0.6) is 0 Å². The van der Waals surface area contributed by atoms with E-state index in [0.717, 1.165) is 88.2 Å². The van der Waals surface area contributed by atoms with Crippen LogP contribution < -0.4 is 0 Å². The number of hydrogen-bond acceptors (Lipinski definition) is 4. The van der Waals surface area contributed by atoms with Crippen molar-refractivity contribution >= 4 is 97.9 Å². The van der Waals surface area contributed by atoms with Gasteiger partial charge in [0, 0.05) is 54.7 Å². The number of hydrogen-bond donors (Lipinski definition) is 0. The summed E-state index contributed by atoms with van der Waals surface area (Å²) in [6.07, 6.45) is 0. The van der Waals surface area contributed by atoms with E-state index in [2.05, 4.69) is 228 Å². The molecule has 69 heavy (non-hydrogen) atoms. The topological polar surface area (TPSA) is 61.7 Å². The minimum atomic E-state index is 0.564. The van der Waals surface area contributed by atoms with E-state index in [4.69, 9.17) is 19.4 Å². The zero-order valence-electron chi connectivity index (χ0n) is 37.0. The number of nitrogens with zero attached hydrogens (tertiary/aromatic N) is 5. The average Bonchev–Trinajstić information content (AvgIpc) is 4.08. The maximum atomic E-state index is 7.07. The summed E-state index contributed by atoms with van der Waals surface area (Å²) in [5.41, 5.74) is 10.7. The van der Waals surface area contributed by atoms with Crippen LogP contribution in [0.15, 0.2) is 229 Å². The predicted molar refractivity (Wildman–Crippen MR) is 285 cm³/mol. The average molecular weight is 880 g/mol. The van der Waals surface area contributed by atoms with E-state index in [1.807, 2.05) is 6.07 Å². The van der Waals surface area contributed by atoms with Crippen molar-refractivity contribution in [2.45, 2.75) is 0 Å². The van der Waals surface area contributed by atoms with Crippen LogP contribution in [0, 0.1) is 0 Å². The fourth-order valence-corrected chi connectivity index (χ4v) is 11.0. The molecule has 4 aromatic heterocycles. The quantitative estimate of drug-likeness (QED) is 0.173. The summed E-state index contributed by atoms with van der Waals surface area (Å²) in [5, 5.41) is 13.7. The molecule has 0 saturated heterocycles. The van der Waals surface area contributed by atoms with Crippen LogP contribution >= 0.6 is 0 Å². The maximum Gasteiger partial charge on any atom is 0.164 e. The molecule has 0 aliphatic carbocycles. The molecular formula is C63H37N5O. The van der Waals surface area contributed by atoms with Gasteiger partial charge in [-0.15, -0.1) is 0 Å². The number of furan rings is 1. The first kappa shape index (κ1) is 37.8. The molecule has 15 rings (SSSR count). The third-order valence-electron chi connectivity index (χ3n) is 14.1. The number of aromatic nitrogens is 5. The van der Waals surface area contributed by atoms with Crippen LogP contribution in [0.3, 0.4) is 0 Å². The monoisotopic (exact) mass is 879 g/mol. The molecule has 0 atom stereocenters. The van der Waals surface area contributed by atoms with Gasteiger partial charge in [-0.2, -0.15) is 0 Å². The summed E-state index contributed by atoms with van der Waals surface area (Å²) in [5.74, 6) is 1.75. The van der Waals surface area contributed by atoms with Gasteiger partial charge in [0.2, 0.25) is 0 Å². The van der Waals surface area contributed by atoms with E-state index in [-0.39, 0.29) is 0 Å². The fourth-order valence-electron chi connectivity index (χ4n) is 11.0. The van der Waals surface area contributed by atoms with Gasteiger partial charge in [0.25, 0.3) is 0 Å². The van der Waals surface area contributed by atoms with E-state index < -0.39 is 0 Å². The Morgan fingerprint density at radius 2 is 0.942 bits per heavy atom. The van der Waals surface area contributed by atoms with Gasteiger partial charge in [0.1, 0.15) is 5.58 Å². The Morgan fingerprint density at radius 3 is 1.78 bits per heavy atom. The molecule has 0 unspecified atom stereocenters. The molecule has 0 amide bonds. The van der Waals surface area contributed by atoms with Crippen LogP contribution in [0.4, 0.5) is 0 Å². The fraction of sp³-hybridized carbons (Fsp3) is 0. The van der Waals surface area contributed by atoms with Crippen molar-refractivity contribution in [2.24, 2.45) is 0 Å². The molecule has 0 N–H and O–H groups in total. The molecule has 0 aliphatic rings. The zero-order valence-corrected chi connectivity index (χ0v) is 37.0. The summed E-state index contributed by atoms with van der Waals surface area (Å²) in [7, 11) is 0. The van der Waals surface area contributed by atoms with Gasteiger partial charge in [-0.1, -0.05) is 164 Å². The molecule has 0 fully saturated rings. The number of fused-ring (bicyclic) bond motifs is 13. The van der Waals surface area contributed by atoms with E-state index >= 15 is 0 Å². The lowest BCUT2D eigenvalue weighted by molar-refractivity contribution is 0.666. The van der Waals surface area contributed by atoms with Crippen molar-refractivity contribution in [1.29, 1.82) is 0 Å². The van der Waals surface area contributed by atoms with Crippen LogP contribution in [0.25, 0.3) is 143 Å². The molecule has 11 aromatic carbocycles. The van der Waals surface area contributed by atoms with Gasteiger partial charge in [0.15, 0.2) is 23.1 Å². The minimum absolute atomic E-state index is 0.564. The zero-order chi connectivity index (χ0) is 45.2. The smallest absolute Gasteiger partial charge is 0.164 e. The van der Waals surface area contributed by atoms with Gasteiger partial charge in [-0.25, -0.2) is 15.0 Å². The Bertz CT molecular complexity index is 4610. The number of para-hydroxylation sites is 3. The molecule has 0 saturated carbocycles. The molecule has 4 heterocycles. The Kier molecular flexibility index (Phi) is 7.97. The van der Waals surface area contributed by atoms with Gasteiger partial charge in [-0.3, -0.25) is 0 Å². The van der Waals surface area contributed by atoms with Crippen LogP contribution in [-0.2, 0) is 0 Å². The van der Waals surface area contributed by atoms with Crippen LogP contribution in [-0.4, -0.2) is 24.1 Å². The summed E-state index contributed by atoms with van der Waals surface area (Å²) in [6, 6.07) is 79.6. The van der Waals surface area contributed by atoms with Gasteiger partial charge in [0.05, 0.1) is 27.8 Å². The summed E-state index contributed by atoms with van der Waals surface area (Å²) in [4.78, 5) is 16.3. The lowest BCUT2D eigenvalue weighted by Gasteiger charge is -2.14. The Balaban J connectivity index is 1.02. The second-order valence-corrected chi connectivity index (χ2v) is 17.9. The number of benzene rings is 11. The highest BCUT2D eigenvalue weighted by molar-refractivity contribution is 6.24. The molecule has 15 aromatic rings. The molecule has 0 radical (unpaired) electrons. The van der Waals surface area contributed by atoms with Gasteiger partial charge >= 0.3 is 0 Å². The van der Waals surface area contributed by atoms with E-state index in [1.165, 1.54) is 37.7 Å². The van der Waals surface area contributed by atoms with Gasteiger partial charge in [-0.05, 0) is 93.0 Å². The van der Waals surface area contributed by atoms with Crippen molar-refractivity contribution in [3.8, 4) is 45.5 Å². The van der Waals surface area contributed by atoms with Crippen molar-refractivity contribution in [1.82, 2.24) is 24.1 Å². The van der Waals surface area contributed by atoms with Crippen LogP contribution in [0.1, 0.15) is 0 Å². The van der Waals surface area contributed by atoms with Crippen LogP contribution in [0.2, 0.25) is 0 Å². The highest BCUT2D eigenvalue weighted by Crippen LogP contribution is 2.45. The third kappa shape index (κ3) is 5.63. The Morgan fingerprint density at radius 1 is 0.319 bits per heavy atom. The molecule has 0 aliphatic heterocycles. The highest BCUT2D eigenvalue weighted by atomic mass is 16.3. The Hall–Kier alpha value is -9.39. The lowest BCUT2D eigenvalue weighted by Crippen LogP contribution is -2.02. The first-order valence-electron chi connectivity index (χ1n) is 23.3. The van der Waals surface area contributed by atoms with Crippen molar-refractivity contribution < 1.29 is 4.42 Å². The second-order valence-electron chi connectivity index (χ2n) is 17.9. The summed E-state index contributed by atoms with van der Waals surface area (Å²) < 4.78 is 11.8. The van der Waals surface area contributed by atoms with Gasteiger partial charge < -0.3 is 13.6 Å². The molecule has 6 nitrogen and oxygen atoms in total. The SMILES string of the molecule is c1ccc(-n2c3ccccc3c3ccc(-c4nc(-c5cccc6ccccc56)nc(-c5ccc(-n6c7cc8ccccc8cc7c7c8ccccc8ccc76)c6oc7ccccc7c56)n4)cc32)cc1. The normalized spacial score (nSPS) is 12.1. The van der Waals surface area contributed by atoms with Crippen molar-refractivity contribution in [2.75, 3.05) is 0 Å². The minimum Gasteiger partial charge on any atom is -0.454 e. The largest absolute Gasteiger partial charge is 0.454 e.